The third-order valence-corrected chi connectivity index (χ3v) is 3.96. The van der Waals surface area contributed by atoms with Crippen LogP contribution in [0.5, 0.6) is 17.2 Å². The zero-order chi connectivity index (χ0) is 17.5. The Balaban J connectivity index is 1.55. The number of rotatable bonds is 7. The number of hydrogen-bond donors (Lipinski definition) is 2. The molecule has 0 bridgehead atoms. The lowest BCUT2D eigenvalue weighted by molar-refractivity contribution is 0.00449. The number of benzene rings is 2. The number of aliphatic hydroxyl groups excluding tert-OH is 1. The van der Waals surface area contributed by atoms with Crippen molar-refractivity contribution in [3.63, 3.8) is 0 Å². The van der Waals surface area contributed by atoms with Gasteiger partial charge in [-0.1, -0.05) is 12.1 Å². The van der Waals surface area contributed by atoms with E-state index in [0.29, 0.717) is 42.7 Å². The molecule has 0 saturated carbocycles. The summed E-state index contributed by atoms with van der Waals surface area (Å²) >= 11 is 0. The molecule has 0 radical (unpaired) electrons. The summed E-state index contributed by atoms with van der Waals surface area (Å²) in [5.74, 6) is 1.88. The van der Waals surface area contributed by atoms with Gasteiger partial charge < -0.3 is 25.1 Å². The van der Waals surface area contributed by atoms with E-state index in [1.807, 2.05) is 24.3 Å². The first kappa shape index (κ1) is 17.5. The fraction of sp³-hybridized carbons (Fsp3) is 0.368. The average Bonchev–Trinajstić information content (AvgIpc) is 2.64. The molecule has 1 fully saturated rings. The largest absolute Gasteiger partial charge is 0.487 e. The van der Waals surface area contributed by atoms with E-state index in [9.17, 15) is 5.11 Å². The number of β-amino-alcohol motifs (C(OH)–C–C–N with tert-alkyl or cyclic N) is 1. The second-order valence-electron chi connectivity index (χ2n) is 6.00. The van der Waals surface area contributed by atoms with E-state index in [-0.39, 0.29) is 6.61 Å². The molecule has 3 rings (SSSR count). The molecule has 6 nitrogen and oxygen atoms in total. The Bertz CT molecular complexity index is 657. The molecule has 2 aromatic carbocycles. The van der Waals surface area contributed by atoms with Gasteiger partial charge in [-0.15, -0.1) is 0 Å². The summed E-state index contributed by atoms with van der Waals surface area (Å²) in [5.41, 5.74) is 6.37. The lowest BCUT2D eigenvalue weighted by Gasteiger charge is -2.28. The number of nitrogens with two attached hydrogens (primary N) is 1. The maximum absolute atomic E-state index is 10.2. The van der Waals surface area contributed by atoms with Gasteiger partial charge in [-0.25, -0.2) is 0 Å². The Morgan fingerprint density at radius 2 is 1.72 bits per heavy atom. The fourth-order valence-electron chi connectivity index (χ4n) is 2.64. The molecule has 134 valence electrons. The Hall–Kier alpha value is -2.28. The minimum absolute atomic E-state index is 0.208. The first-order valence-electron chi connectivity index (χ1n) is 8.44. The summed E-state index contributed by atoms with van der Waals surface area (Å²) in [4.78, 5) is 2.17. The van der Waals surface area contributed by atoms with Crippen molar-refractivity contribution in [1.29, 1.82) is 0 Å². The van der Waals surface area contributed by atoms with E-state index in [1.165, 1.54) is 0 Å². The highest BCUT2D eigenvalue weighted by atomic mass is 16.5. The Morgan fingerprint density at radius 3 is 2.44 bits per heavy atom. The van der Waals surface area contributed by atoms with Gasteiger partial charge in [0.15, 0.2) is 11.5 Å². The van der Waals surface area contributed by atoms with Crippen molar-refractivity contribution < 1.29 is 19.3 Å². The highest BCUT2D eigenvalue weighted by Gasteiger charge is 2.16. The summed E-state index contributed by atoms with van der Waals surface area (Å²) in [6.07, 6.45) is -0.567. The minimum atomic E-state index is -0.567. The zero-order valence-electron chi connectivity index (χ0n) is 14.1. The smallest absolute Gasteiger partial charge is 0.169 e. The van der Waals surface area contributed by atoms with Crippen LogP contribution in [-0.2, 0) is 4.74 Å². The van der Waals surface area contributed by atoms with E-state index in [1.54, 1.807) is 24.3 Å². The Morgan fingerprint density at radius 1 is 1.04 bits per heavy atom. The van der Waals surface area contributed by atoms with Crippen molar-refractivity contribution in [2.75, 3.05) is 45.2 Å². The first-order chi connectivity index (χ1) is 12.2. The zero-order valence-corrected chi connectivity index (χ0v) is 14.1. The number of hydrogen-bond acceptors (Lipinski definition) is 6. The third kappa shape index (κ3) is 5.35. The van der Waals surface area contributed by atoms with Gasteiger partial charge in [-0.3, -0.25) is 4.90 Å². The number of ether oxygens (including phenoxy) is 3. The van der Waals surface area contributed by atoms with Crippen LogP contribution in [0.3, 0.4) is 0 Å². The number of anilines is 1. The molecule has 0 spiro atoms. The van der Waals surface area contributed by atoms with Crippen LogP contribution in [0.15, 0.2) is 48.5 Å². The molecule has 6 heteroatoms. The summed E-state index contributed by atoms with van der Waals surface area (Å²) in [5, 5.41) is 10.2. The number of aliphatic hydroxyl groups is 1. The standard InChI is InChI=1S/C19H24N2O4/c20-15-5-7-17(8-6-15)25-19-4-2-1-3-18(19)24-14-16(22)13-21-9-11-23-12-10-21/h1-8,16,22H,9-14,20H2. The summed E-state index contributed by atoms with van der Waals surface area (Å²) in [7, 11) is 0. The number of nitrogens with zero attached hydrogens (tertiary/aromatic N) is 1. The van der Waals surface area contributed by atoms with E-state index < -0.39 is 6.10 Å². The molecule has 1 atom stereocenters. The van der Waals surface area contributed by atoms with Crippen LogP contribution in [0.4, 0.5) is 5.69 Å². The highest BCUT2D eigenvalue weighted by molar-refractivity contribution is 5.46. The van der Waals surface area contributed by atoms with Gasteiger partial charge in [0.05, 0.1) is 13.2 Å². The van der Waals surface area contributed by atoms with Gasteiger partial charge in [0.25, 0.3) is 0 Å². The fourth-order valence-corrected chi connectivity index (χ4v) is 2.64. The van der Waals surface area contributed by atoms with Crippen LogP contribution in [0.25, 0.3) is 0 Å². The molecule has 1 heterocycles. The molecule has 0 aliphatic carbocycles. The van der Waals surface area contributed by atoms with Crippen LogP contribution >= 0.6 is 0 Å². The highest BCUT2D eigenvalue weighted by Crippen LogP contribution is 2.31. The maximum Gasteiger partial charge on any atom is 0.169 e. The van der Waals surface area contributed by atoms with E-state index >= 15 is 0 Å². The van der Waals surface area contributed by atoms with Crippen LogP contribution in [-0.4, -0.2) is 55.6 Å². The second-order valence-corrected chi connectivity index (χ2v) is 6.00. The molecule has 25 heavy (non-hydrogen) atoms. The van der Waals surface area contributed by atoms with Crippen molar-refractivity contribution in [3.05, 3.63) is 48.5 Å². The molecule has 0 aromatic heterocycles. The SMILES string of the molecule is Nc1ccc(Oc2ccccc2OCC(O)CN2CCOCC2)cc1. The molecule has 1 aliphatic rings. The number of nitrogen functional groups attached to an aromatic ring is 1. The van der Waals surface area contributed by atoms with Crippen molar-refractivity contribution >= 4 is 5.69 Å². The molecule has 2 aromatic rings. The van der Waals surface area contributed by atoms with Crippen LogP contribution in [0, 0.1) is 0 Å². The van der Waals surface area contributed by atoms with Crippen LogP contribution in [0.1, 0.15) is 0 Å². The summed E-state index contributed by atoms with van der Waals surface area (Å²) in [6, 6.07) is 14.6. The quantitative estimate of drug-likeness (QED) is 0.750. The Labute approximate surface area is 147 Å². The third-order valence-electron chi connectivity index (χ3n) is 3.96. The van der Waals surface area contributed by atoms with Gasteiger partial charge in [-0.05, 0) is 36.4 Å². The van der Waals surface area contributed by atoms with E-state index in [4.69, 9.17) is 19.9 Å². The van der Waals surface area contributed by atoms with Gasteiger partial charge in [0.2, 0.25) is 0 Å². The molecular weight excluding hydrogens is 320 g/mol. The molecule has 1 aliphatic heterocycles. The molecule has 1 saturated heterocycles. The molecule has 3 N–H and O–H groups in total. The monoisotopic (exact) mass is 344 g/mol. The normalized spacial score (nSPS) is 16.4. The molecular formula is C19H24N2O4. The lowest BCUT2D eigenvalue weighted by Crippen LogP contribution is -2.42. The molecule has 1 unspecified atom stereocenters. The van der Waals surface area contributed by atoms with E-state index in [2.05, 4.69) is 4.90 Å². The van der Waals surface area contributed by atoms with Crippen molar-refractivity contribution in [2.24, 2.45) is 0 Å². The Kier molecular flexibility index (Phi) is 6.11. The average molecular weight is 344 g/mol. The first-order valence-corrected chi connectivity index (χ1v) is 8.44. The van der Waals surface area contributed by atoms with Crippen molar-refractivity contribution in [2.45, 2.75) is 6.10 Å². The van der Waals surface area contributed by atoms with Crippen molar-refractivity contribution in [1.82, 2.24) is 4.90 Å². The second kappa shape index (κ2) is 8.71. The number of morpholine rings is 1. The van der Waals surface area contributed by atoms with E-state index in [0.717, 1.165) is 13.1 Å². The lowest BCUT2D eigenvalue weighted by atomic mass is 10.3. The minimum Gasteiger partial charge on any atom is -0.487 e. The maximum atomic E-state index is 10.2. The van der Waals surface area contributed by atoms with Gasteiger partial charge >= 0.3 is 0 Å². The molecule has 0 amide bonds. The van der Waals surface area contributed by atoms with Crippen LogP contribution in [0.2, 0.25) is 0 Å². The van der Waals surface area contributed by atoms with Crippen molar-refractivity contribution in [3.8, 4) is 17.2 Å². The predicted molar refractivity (Wildman–Crippen MR) is 96.1 cm³/mol. The number of para-hydroxylation sites is 2. The predicted octanol–water partition coefficient (Wildman–Crippen LogP) is 2.13. The summed E-state index contributed by atoms with van der Waals surface area (Å²) in [6.45, 7) is 3.89. The van der Waals surface area contributed by atoms with Gasteiger partial charge in [0, 0.05) is 25.3 Å². The summed E-state index contributed by atoms with van der Waals surface area (Å²) < 4.78 is 16.9. The van der Waals surface area contributed by atoms with Gasteiger partial charge in [-0.2, -0.15) is 0 Å². The van der Waals surface area contributed by atoms with Gasteiger partial charge in [0.1, 0.15) is 18.5 Å². The van der Waals surface area contributed by atoms with Crippen LogP contribution < -0.4 is 15.2 Å². The topological polar surface area (TPSA) is 77.2 Å².